The van der Waals surface area contributed by atoms with Gasteiger partial charge in [0.15, 0.2) is 0 Å². The normalized spacial score (nSPS) is 31.9. The first-order valence-corrected chi connectivity index (χ1v) is 11.2. The number of piperazine rings is 1. The van der Waals surface area contributed by atoms with Crippen LogP contribution in [0.3, 0.4) is 0 Å². The number of hydrogen-bond acceptors (Lipinski definition) is 3. The zero-order chi connectivity index (χ0) is 17.8. The molecule has 3 heteroatoms. The van der Waals surface area contributed by atoms with Crippen LogP contribution >= 0.6 is 0 Å². The third kappa shape index (κ3) is 5.43. The smallest absolute Gasteiger partial charge is 0.0113 e. The molecule has 0 aromatic heterocycles. The number of piperidine rings is 1. The lowest BCUT2D eigenvalue weighted by molar-refractivity contribution is 0.0499. The predicted octanol–water partition coefficient (Wildman–Crippen LogP) is 3.94. The second-order valence-electron chi connectivity index (χ2n) is 9.72. The minimum Gasteiger partial charge on any atom is -0.301 e. The summed E-state index contributed by atoms with van der Waals surface area (Å²) in [6.07, 6.45) is 8.68. The average Bonchev–Trinajstić information content (AvgIpc) is 2.63. The van der Waals surface area contributed by atoms with Gasteiger partial charge in [-0.05, 0) is 83.2 Å². The van der Waals surface area contributed by atoms with E-state index in [-0.39, 0.29) is 0 Å². The molecule has 0 aromatic carbocycles. The second kappa shape index (κ2) is 9.19. The molecule has 2 saturated heterocycles. The van der Waals surface area contributed by atoms with Crippen molar-refractivity contribution in [3.8, 4) is 0 Å². The molecule has 1 aliphatic carbocycles. The molecule has 0 aromatic rings. The Hall–Kier alpha value is -0.120. The van der Waals surface area contributed by atoms with Gasteiger partial charge in [-0.25, -0.2) is 0 Å². The van der Waals surface area contributed by atoms with Gasteiger partial charge in [0.2, 0.25) is 0 Å². The lowest BCUT2D eigenvalue weighted by atomic mass is 9.79. The molecule has 3 fully saturated rings. The summed E-state index contributed by atoms with van der Waals surface area (Å²) in [5.74, 6) is 2.83. The van der Waals surface area contributed by atoms with E-state index in [9.17, 15) is 0 Å². The highest BCUT2D eigenvalue weighted by molar-refractivity contribution is 4.85. The van der Waals surface area contributed by atoms with Crippen molar-refractivity contribution in [3.05, 3.63) is 0 Å². The predicted molar refractivity (Wildman–Crippen MR) is 108 cm³/mol. The molecule has 2 aliphatic heterocycles. The molecule has 3 nitrogen and oxygen atoms in total. The monoisotopic (exact) mass is 349 g/mol. The summed E-state index contributed by atoms with van der Waals surface area (Å²) in [6.45, 7) is 18.8. The van der Waals surface area contributed by atoms with Crippen molar-refractivity contribution in [3.63, 3.8) is 0 Å². The van der Waals surface area contributed by atoms with E-state index in [2.05, 4.69) is 42.4 Å². The average molecular weight is 350 g/mol. The topological polar surface area (TPSA) is 9.72 Å². The van der Waals surface area contributed by atoms with E-state index in [0.717, 1.165) is 29.8 Å². The minimum absolute atomic E-state index is 0.732. The van der Waals surface area contributed by atoms with Crippen molar-refractivity contribution < 1.29 is 0 Å². The van der Waals surface area contributed by atoms with Crippen molar-refractivity contribution in [1.82, 2.24) is 14.7 Å². The zero-order valence-corrected chi connectivity index (χ0v) is 17.4. The Morgan fingerprint density at radius 2 is 1.32 bits per heavy atom. The fraction of sp³-hybridized carbons (Fsp3) is 1.00. The van der Waals surface area contributed by atoms with Crippen LogP contribution in [0.25, 0.3) is 0 Å². The highest BCUT2D eigenvalue weighted by Gasteiger charge is 2.30. The Morgan fingerprint density at radius 3 is 1.84 bits per heavy atom. The van der Waals surface area contributed by atoms with Crippen molar-refractivity contribution in [2.24, 2.45) is 17.8 Å². The Kier molecular flexibility index (Phi) is 7.22. The minimum atomic E-state index is 0.732. The van der Waals surface area contributed by atoms with E-state index >= 15 is 0 Å². The van der Waals surface area contributed by atoms with Gasteiger partial charge in [0.05, 0.1) is 0 Å². The summed E-state index contributed by atoms with van der Waals surface area (Å²) in [5, 5.41) is 0. The van der Waals surface area contributed by atoms with Crippen LogP contribution in [-0.2, 0) is 0 Å². The van der Waals surface area contributed by atoms with Gasteiger partial charge >= 0.3 is 0 Å². The van der Waals surface area contributed by atoms with E-state index in [1.807, 2.05) is 0 Å². The molecule has 3 aliphatic rings. The molecule has 0 spiro atoms. The molecular weight excluding hydrogens is 306 g/mol. The van der Waals surface area contributed by atoms with Gasteiger partial charge in [0.1, 0.15) is 0 Å². The van der Waals surface area contributed by atoms with Crippen molar-refractivity contribution in [2.75, 3.05) is 45.8 Å². The van der Waals surface area contributed by atoms with Crippen LogP contribution in [-0.4, -0.2) is 72.6 Å². The SMILES string of the molecule is CC(C)C1CCC(N2CCN(CC3CCN(C(C)C)CC3)CC2)CC1. The van der Waals surface area contributed by atoms with Gasteiger partial charge in [0.25, 0.3) is 0 Å². The van der Waals surface area contributed by atoms with Crippen molar-refractivity contribution in [1.29, 1.82) is 0 Å². The zero-order valence-electron chi connectivity index (χ0n) is 17.4. The fourth-order valence-corrected chi connectivity index (χ4v) is 5.46. The molecular formula is C22H43N3. The van der Waals surface area contributed by atoms with Crippen LogP contribution in [0.2, 0.25) is 0 Å². The highest BCUT2D eigenvalue weighted by Crippen LogP contribution is 2.32. The summed E-state index contributed by atoms with van der Waals surface area (Å²) in [4.78, 5) is 8.25. The first-order valence-electron chi connectivity index (χ1n) is 11.2. The van der Waals surface area contributed by atoms with Crippen LogP contribution in [0, 0.1) is 17.8 Å². The number of hydrogen-bond donors (Lipinski definition) is 0. The Balaban J connectivity index is 1.34. The molecule has 0 bridgehead atoms. The summed E-state index contributed by atoms with van der Waals surface area (Å²) in [6, 6.07) is 1.63. The maximum absolute atomic E-state index is 2.83. The number of likely N-dealkylation sites (tertiary alicyclic amines) is 1. The summed E-state index contributed by atoms with van der Waals surface area (Å²) in [5.41, 5.74) is 0. The van der Waals surface area contributed by atoms with Crippen molar-refractivity contribution in [2.45, 2.75) is 78.3 Å². The standard InChI is InChI=1S/C22H43N3/c1-18(2)21-5-7-22(8-6-21)25-15-13-23(14-16-25)17-20-9-11-24(12-10-20)19(3)4/h18-22H,5-17H2,1-4H3. The summed E-state index contributed by atoms with van der Waals surface area (Å²) < 4.78 is 0. The third-order valence-electron chi connectivity index (χ3n) is 7.50. The van der Waals surface area contributed by atoms with E-state index < -0.39 is 0 Å². The number of nitrogens with zero attached hydrogens (tertiary/aromatic N) is 3. The molecule has 0 N–H and O–H groups in total. The molecule has 2 heterocycles. The van der Waals surface area contributed by atoms with Crippen LogP contribution in [0.15, 0.2) is 0 Å². The molecule has 1 saturated carbocycles. The van der Waals surface area contributed by atoms with Crippen LogP contribution in [0.1, 0.15) is 66.2 Å². The first-order chi connectivity index (χ1) is 12.0. The number of rotatable bonds is 5. The molecule has 0 amide bonds. The largest absolute Gasteiger partial charge is 0.301 e. The highest BCUT2D eigenvalue weighted by atomic mass is 15.3. The second-order valence-corrected chi connectivity index (χ2v) is 9.72. The molecule has 3 rings (SSSR count). The van der Waals surface area contributed by atoms with E-state index in [1.54, 1.807) is 0 Å². The summed E-state index contributed by atoms with van der Waals surface area (Å²) >= 11 is 0. The molecule has 146 valence electrons. The lowest BCUT2D eigenvalue weighted by Crippen LogP contribution is -2.52. The van der Waals surface area contributed by atoms with E-state index in [4.69, 9.17) is 0 Å². The van der Waals surface area contributed by atoms with Gasteiger partial charge in [-0.1, -0.05) is 13.8 Å². The Morgan fingerprint density at radius 1 is 0.720 bits per heavy atom. The first kappa shape index (κ1) is 19.6. The van der Waals surface area contributed by atoms with Crippen LogP contribution in [0.5, 0.6) is 0 Å². The molecule has 0 radical (unpaired) electrons. The molecule has 25 heavy (non-hydrogen) atoms. The van der Waals surface area contributed by atoms with E-state index in [0.29, 0.717) is 0 Å². The van der Waals surface area contributed by atoms with Gasteiger partial charge < -0.3 is 9.80 Å². The van der Waals surface area contributed by atoms with E-state index in [1.165, 1.54) is 84.3 Å². The van der Waals surface area contributed by atoms with Crippen LogP contribution < -0.4 is 0 Å². The van der Waals surface area contributed by atoms with Crippen molar-refractivity contribution >= 4 is 0 Å². The van der Waals surface area contributed by atoms with Gasteiger partial charge in [-0.3, -0.25) is 4.90 Å². The fourth-order valence-electron chi connectivity index (χ4n) is 5.46. The third-order valence-corrected chi connectivity index (χ3v) is 7.50. The Labute approximate surface area is 157 Å². The Bertz CT molecular complexity index is 371. The summed E-state index contributed by atoms with van der Waals surface area (Å²) in [7, 11) is 0. The molecule has 0 atom stereocenters. The quantitative estimate of drug-likeness (QED) is 0.744. The lowest BCUT2D eigenvalue weighted by Gasteiger charge is -2.44. The maximum atomic E-state index is 2.83. The molecule has 0 unspecified atom stereocenters. The van der Waals surface area contributed by atoms with Gasteiger partial charge in [-0.2, -0.15) is 0 Å². The van der Waals surface area contributed by atoms with Gasteiger partial charge in [0, 0.05) is 44.8 Å². The van der Waals surface area contributed by atoms with Crippen LogP contribution in [0.4, 0.5) is 0 Å². The van der Waals surface area contributed by atoms with Gasteiger partial charge in [-0.15, -0.1) is 0 Å². The maximum Gasteiger partial charge on any atom is 0.0113 e.